The fraction of sp³-hybridized carbons (Fsp3) is 0.353. The number of oxime groups is 1. The molecule has 0 N–H and O–H groups in total. The second-order valence-electron chi connectivity index (χ2n) is 4.81. The molecule has 2 heteroatoms. The van der Waals surface area contributed by atoms with E-state index in [9.17, 15) is 0 Å². The number of hydrogen-bond donors (Lipinski definition) is 0. The minimum atomic E-state index is 0.532. The number of nitrogens with zero attached hydrogens (tertiary/aromatic N) is 1. The van der Waals surface area contributed by atoms with Gasteiger partial charge in [-0.15, -0.1) is 0 Å². The summed E-state index contributed by atoms with van der Waals surface area (Å²) in [5.41, 5.74) is 3.76. The van der Waals surface area contributed by atoms with E-state index in [1.54, 1.807) is 6.21 Å². The quantitative estimate of drug-likeness (QED) is 0.299. The van der Waals surface area contributed by atoms with Crippen LogP contribution in [0.1, 0.15) is 39.2 Å². The van der Waals surface area contributed by atoms with Crippen molar-refractivity contribution in [1.29, 1.82) is 0 Å². The van der Waals surface area contributed by atoms with Crippen LogP contribution in [0.4, 0.5) is 0 Å². The van der Waals surface area contributed by atoms with Gasteiger partial charge in [-0.05, 0) is 45.3 Å². The molecule has 0 aliphatic heterocycles. The van der Waals surface area contributed by atoms with E-state index in [4.69, 9.17) is 4.84 Å². The smallest absolute Gasteiger partial charge is 0.135 e. The van der Waals surface area contributed by atoms with E-state index in [0.717, 1.165) is 18.4 Å². The standard InChI is InChI=1S/C17H23NO/c1-15(2)8-7-9-16(3)12-13-19-18-14-17-10-5-4-6-11-17/h4-6,8,10-12,14H,7,9,13H2,1-3H3/b16-12+,18-14+. The maximum atomic E-state index is 5.21. The first-order chi connectivity index (χ1) is 9.18. The molecule has 0 heterocycles. The Hall–Kier alpha value is -1.83. The Labute approximate surface area is 116 Å². The first-order valence-electron chi connectivity index (χ1n) is 6.68. The summed E-state index contributed by atoms with van der Waals surface area (Å²) in [5.74, 6) is 0. The van der Waals surface area contributed by atoms with Gasteiger partial charge in [-0.2, -0.15) is 0 Å². The summed E-state index contributed by atoms with van der Waals surface area (Å²) in [4.78, 5) is 5.21. The first kappa shape index (κ1) is 15.2. The molecule has 0 saturated heterocycles. The molecule has 0 saturated carbocycles. The van der Waals surface area contributed by atoms with Gasteiger partial charge in [0.15, 0.2) is 0 Å². The van der Waals surface area contributed by atoms with Crippen molar-refractivity contribution in [2.75, 3.05) is 6.61 Å². The van der Waals surface area contributed by atoms with E-state index >= 15 is 0 Å². The van der Waals surface area contributed by atoms with Crippen molar-refractivity contribution < 1.29 is 4.84 Å². The lowest BCUT2D eigenvalue weighted by atomic mass is 10.1. The van der Waals surface area contributed by atoms with Crippen LogP contribution in [-0.2, 0) is 4.84 Å². The molecular weight excluding hydrogens is 234 g/mol. The van der Waals surface area contributed by atoms with Crippen LogP contribution < -0.4 is 0 Å². The van der Waals surface area contributed by atoms with Gasteiger partial charge in [0, 0.05) is 0 Å². The van der Waals surface area contributed by atoms with Crippen LogP contribution in [0.25, 0.3) is 0 Å². The summed E-state index contributed by atoms with van der Waals surface area (Å²) in [7, 11) is 0. The topological polar surface area (TPSA) is 21.6 Å². The van der Waals surface area contributed by atoms with Gasteiger partial charge in [0.2, 0.25) is 0 Å². The molecule has 102 valence electrons. The van der Waals surface area contributed by atoms with Gasteiger partial charge in [-0.1, -0.05) is 52.7 Å². The van der Waals surface area contributed by atoms with E-state index in [2.05, 4.69) is 38.1 Å². The monoisotopic (exact) mass is 257 g/mol. The van der Waals surface area contributed by atoms with Crippen LogP contribution in [0.2, 0.25) is 0 Å². The summed E-state index contributed by atoms with van der Waals surface area (Å²) < 4.78 is 0. The molecular formula is C17H23NO. The summed E-state index contributed by atoms with van der Waals surface area (Å²) in [5, 5.41) is 3.94. The van der Waals surface area contributed by atoms with E-state index in [1.165, 1.54) is 11.1 Å². The Morgan fingerprint density at radius 3 is 2.53 bits per heavy atom. The van der Waals surface area contributed by atoms with Crippen molar-refractivity contribution in [2.45, 2.75) is 33.6 Å². The van der Waals surface area contributed by atoms with Crippen molar-refractivity contribution in [3.8, 4) is 0 Å². The Morgan fingerprint density at radius 2 is 1.84 bits per heavy atom. The molecule has 19 heavy (non-hydrogen) atoms. The second-order valence-corrected chi connectivity index (χ2v) is 4.81. The highest BCUT2D eigenvalue weighted by Gasteiger charge is 1.89. The molecule has 0 bridgehead atoms. The first-order valence-corrected chi connectivity index (χ1v) is 6.68. The van der Waals surface area contributed by atoms with Gasteiger partial charge in [0.1, 0.15) is 6.61 Å². The summed E-state index contributed by atoms with van der Waals surface area (Å²) in [6.07, 6.45) is 8.24. The van der Waals surface area contributed by atoms with E-state index in [-0.39, 0.29) is 0 Å². The average Bonchev–Trinajstić information content (AvgIpc) is 2.39. The van der Waals surface area contributed by atoms with Gasteiger partial charge in [-0.25, -0.2) is 0 Å². The van der Waals surface area contributed by atoms with Crippen LogP contribution in [0, 0.1) is 0 Å². The molecule has 0 aromatic heterocycles. The van der Waals surface area contributed by atoms with Gasteiger partial charge in [0.25, 0.3) is 0 Å². The van der Waals surface area contributed by atoms with Crippen LogP contribution in [0.5, 0.6) is 0 Å². The minimum absolute atomic E-state index is 0.532. The fourth-order valence-electron chi connectivity index (χ4n) is 1.55. The molecule has 0 radical (unpaired) electrons. The molecule has 0 atom stereocenters. The fourth-order valence-corrected chi connectivity index (χ4v) is 1.55. The Bertz CT molecular complexity index is 440. The van der Waals surface area contributed by atoms with Gasteiger partial charge < -0.3 is 4.84 Å². The molecule has 2 nitrogen and oxygen atoms in total. The van der Waals surface area contributed by atoms with Crippen molar-refractivity contribution >= 4 is 6.21 Å². The number of allylic oxidation sites excluding steroid dienone is 3. The SMILES string of the molecule is CC(C)=CCC/C(C)=C/CO/N=C/c1ccccc1. The van der Waals surface area contributed by atoms with Crippen LogP contribution >= 0.6 is 0 Å². The maximum absolute atomic E-state index is 5.21. The predicted molar refractivity (Wildman–Crippen MR) is 82.4 cm³/mol. The van der Waals surface area contributed by atoms with Gasteiger partial charge >= 0.3 is 0 Å². The molecule has 0 amide bonds. The van der Waals surface area contributed by atoms with Crippen LogP contribution in [0.15, 0.2) is 58.8 Å². The molecule has 1 aromatic rings. The highest BCUT2D eigenvalue weighted by molar-refractivity contribution is 5.78. The Kier molecular flexibility index (Phi) is 7.33. The van der Waals surface area contributed by atoms with Crippen molar-refractivity contribution in [2.24, 2.45) is 5.16 Å². The lowest BCUT2D eigenvalue weighted by Crippen LogP contribution is -1.87. The normalized spacial score (nSPS) is 11.6. The summed E-state index contributed by atoms with van der Waals surface area (Å²) in [6.45, 7) is 6.91. The molecule has 1 aromatic carbocycles. The van der Waals surface area contributed by atoms with E-state index in [0.29, 0.717) is 6.61 Å². The Balaban J connectivity index is 2.22. The molecule has 0 fully saturated rings. The van der Waals surface area contributed by atoms with E-state index in [1.807, 2.05) is 30.3 Å². The minimum Gasteiger partial charge on any atom is -0.392 e. The van der Waals surface area contributed by atoms with Crippen LogP contribution in [0.3, 0.4) is 0 Å². The zero-order valence-electron chi connectivity index (χ0n) is 12.1. The summed E-state index contributed by atoms with van der Waals surface area (Å²) >= 11 is 0. The molecule has 0 unspecified atom stereocenters. The third-order valence-corrected chi connectivity index (χ3v) is 2.67. The summed E-state index contributed by atoms with van der Waals surface area (Å²) in [6, 6.07) is 9.93. The average molecular weight is 257 g/mol. The third kappa shape index (κ3) is 7.98. The highest BCUT2D eigenvalue weighted by atomic mass is 16.6. The molecule has 0 aliphatic rings. The van der Waals surface area contributed by atoms with E-state index < -0.39 is 0 Å². The van der Waals surface area contributed by atoms with Crippen molar-refractivity contribution in [3.05, 3.63) is 59.2 Å². The zero-order chi connectivity index (χ0) is 13.9. The third-order valence-electron chi connectivity index (χ3n) is 2.67. The highest BCUT2D eigenvalue weighted by Crippen LogP contribution is 2.06. The van der Waals surface area contributed by atoms with Gasteiger partial charge in [-0.3, -0.25) is 0 Å². The zero-order valence-corrected chi connectivity index (χ0v) is 12.1. The number of hydrogen-bond acceptors (Lipinski definition) is 2. The van der Waals surface area contributed by atoms with Crippen LogP contribution in [-0.4, -0.2) is 12.8 Å². The lowest BCUT2D eigenvalue weighted by Gasteiger charge is -1.99. The lowest BCUT2D eigenvalue weighted by molar-refractivity contribution is 0.176. The van der Waals surface area contributed by atoms with Crippen molar-refractivity contribution in [1.82, 2.24) is 0 Å². The van der Waals surface area contributed by atoms with Gasteiger partial charge in [0.05, 0.1) is 6.21 Å². The molecule has 0 aliphatic carbocycles. The number of rotatable bonds is 7. The maximum Gasteiger partial charge on any atom is 0.135 e. The predicted octanol–water partition coefficient (Wildman–Crippen LogP) is 4.73. The number of benzene rings is 1. The largest absolute Gasteiger partial charge is 0.392 e. The molecule has 0 spiro atoms. The van der Waals surface area contributed by atoms with Crippen molar-refractivity contribution in [3.63, 3.8) is 0 Å². The second kappa shape index (κ2) is 9.15. The molecule has 1 rings (SSSR count). The Morgan fingerprint density at radius 1 is 1.11 bits per heavy atom.